The maximum Gasteiger partial charge on any atom is 0.0681 e. The summed E-state index contributed by atoms with van der Waals surface area (Å²) in [6.07, 6.45) is 2.89. The summed E-state index contributed by atoms with van der Waals surface area (Å²) in [7, 11) is 0. The standard InChI is InChI=1S/C14H21NO/c1-4-6-11(2)15-12(3)14-8-5-7-13(9-14)10-16/h4-5,7-9,11-12,15-16H,1,6,10H2,2-3H3. The van der Waals surface area contributed by atoms with Crippen LogP contribution in [0.25, 0.3) is 0 Å². The molecule has 1 aromatic carbocycles. The van der Waals surface area contributed by atoms with Gasteiger partial charge in [-0.05, 0) is 31.4 Å². The van der Waals surface area contributed by atoms with Crippen LogP contribution in [0.5, 0.6) is 0 Å². The fourth-order valence-electron chi connectivity index (χ4n) is 1.80. The molecule has 88 valence electrons. The molecule has 2 heteroatoms. The third kappa shape index (κ3) is 3.80. The van der Waals surface area contributed by atoms with Gasteiger partial charge in [-0.2, -0.15) is 0 Å². The van der Waals surface area contributed by atoms with Crippen molar-refractivity contribution in [2.24, 2.45) is 0 Å². The van der Waals surface area contributed by atoms with Gasteiger partial charge >= 0.3 is 0 Å². The van der Waals surface area contributed by atoms with Gasteiger partial charge in [0.25, 0.3) is 0 Å². The van der Waals surface area contributed by atoms with Gasteiger partial charge in [0.2, 0.25) is 0 Å². The maximum atomic E-state index is 9.08. The van der Waals surface area contributed by atoms with Gasteiger partial charge in [0.05, 0.1) is 6.61 Å². The quantitative estimate of drug-likeness (QED) is 0.721. The number of aliphatic hydroxyl groups excluding tert-OH is 1. The molecule has 0 heterocycles. The zero-order valence-corrected chi connectivity index (χ0v) is 10.1. The molecule has 0 bridgehead atoms. The number of rotatable bonds is 6. The molecule has 0 aromatic heterocycles. The lowest BCUT2D eigenvalue weighted by atomic mass is 10.0. The highest BCUT2D eigenvalue weighted by molar-refractivity contribution is 5.25. The summed E-state index contributed by atoms with van der Waals surface area (Å²) in [6.45, 7) is 8.12. The second-order valence-corrected chi connectivity index (χ2v) is 4.22. The van der Waals surface area contributed by atoms with E-state index in [4.69, 9.17) is 5.11 Å². The van der Waals surface area contributed by atoms with E-state index in [2.05, 4.69) is 31.8 Å². The third-order valence-corrected chi connectivity index (χ3v) is 2.69. The van der Waals surface area contributed by atoms with E-state index in [1.165, 1.54) is 5.56 Å². The van der Waals surface area contributed by atoms with Gasteiger partial charge in [-0.15, -0.1) is 6.58 Å². The second kappa shape index (κ2) is 6.46. The summed E-state index contributed by atoms with van der Waals surface area (Å²) in [5.74, 6) is 0. The van der Waals surface area contributed by atoms with Gasteiger partial charge in [0, 0.05) is 12.1 Å². The van der Waals surface area contributed by atoms with Crippen LogP contribution in [-0.2, 0) is 6.61 Å². The van der Waals surface area contributed by atoms with Crippen LogP contribution in [0.1, 0.15) is 37.4 Å². The summed E-state index contributed by atoms with van der Waals surface area (Å²) in [4.78, 5) is 0. The summed E-state index contributed by atoms with van der Waals surface area (Å²) in [6, 6.07) is 8.75. The molecule has 0 amide bonds. The van der Waals surface area contributed by atoms with Crippen molar-refractivity contribution in [2.75, 3.05) is 0 Å². The van der Waals surface area contributed by atoms with Gasteiger partial charge in [-0.25, -0.2) is 0 Å². The molecule has 0 spiro atoms. The van der Waals surface area contributed by atoms with Crippen molar-refractivity contribution in [3.05, 3.63) is 48.0 Å². The highest BCUT2D eigenvalue weighted by Gasteiger charge is 2.08. The van der Waals surface area contributed by atoms with Crippen molar-refractivity contribution < 1.29 is 5.11 Å². The molecule has 2 unspecified atom stereocenters. The molecule has 0 aliphatic rings. The van der Waals surface area contributed by atoms with Crippen molar-refractivity contribution >= 4 is 0 Å². The van der Waals surface area contributed by atoms with Crippen molar-refractivity contribution in [1.82, 2.24) is 5.32 Å². The maximum absolute atomic E-state index is 9.08. The van der Waals surface area contributed by atoms with E-state index in [1.807, 2.05) is 24.3 Å². The highest BCUT2D eigenvalue weighted by atomic mass is 16.3. The molecule has 0 saturated carbocycles. The average molecular weight is 219 g/mol. The second-order valence-electron chi connectivity index (χ2n) is 4.22. The van der Waals surface area contributed by atoms with Gasteiger partial charge < -0.3 is 10.4 Å². The molecule has 1 rings (SSSR count). The Morgan fingerprint density at radius 3 is 2.81 bits per heavy atom. The summed E-state index contributed by atoms with van der Waals surface area (Å²) >= 11 is 0. The first-order chi connectivity index (χ1) is 7.67. The lowest BCUT2D eigenvalue weighted by molar-refractivity contribution is 0.281. The van der Waals surface area contributed by atoms with E-state index in [1.54, 1.807) is 0 Å². The van der Waals surface area contributed by atoms with E-state index in [9.17, 15) is 0 Å². The van der Waals surface area contributed by atoms with Crippen LogP contribution in [0.15, 0.2) is 36.9 Å². The minimum atomic E-state index is 0.1000. The SMILES string of the molecule is C=CCC(C)NC(C)c1cccc(CO)c1. The number of nitrogens with one attached hydrogen (secondary N) is 1. The van der Waals surface area contributed by atoms with Crippen molar-refractivity contribution in [3.8, 4) is 0 Å². The first kappa shape index (κ1) is 12.9. The predicted molar refractivity (Wildman–Crippen MR) is 68.2 cm³/mol. The number of hydrogen-bond acceptors (Lipinski definition) is 2. The summed E-state index contributed by atoms with van der Waals surface area (Å²) in [5.41, 5.74) is 2.17. The van der Waals surface area contributed by atoms with Crippen molar-refractivity contribution in [2.45, 2.75) is 39.0 Å². The Hall–Kier alpha value is -1.12. The Morgan fingerprint density at radius 1 is 1.44 bits per heavy atom. The van der Waals surface area contributed by atoms with Crippen LogP contribution >= 0.6 is 0 Å². The first-order valence-corrected chi connectivity index (χ1v) is 5.74. The zero-order valence-electron chi connectivity index (χ0n) is 10.1. The highest BCUT2D eigenvalue weighted by Crippen LogP contribution is 2.15. The van der Waals surface area contributed by atoms with Crippen LogP contribution in [0.3, 0.4) is 0 Å². The van der Waals surface area contributed by atoms with Crippen LogP contribution in [0.2, 0.25) is 0 Å². The molecule has 1 aromatic rings. The Bertz CT molecular complexity index is 335. The molecule has 0 radical (unpaired) electrons. The molecule has 0 aliphatic heterocycles. The molecule has 16 heavy (non-hydrogen) atoms. The van der Waals surface area contributed by atoms with E-state index < -0.39 is 0 Å². The lowest BCUT2D eigenvalue weighted by Gasteiger charge is -2.19. The average Bonchev–Trinajstić information content (AvgIpc) is 2.29. The van der Waals surface area contributed by atoms with Gasteiger partial charge in [0.15, 0.2) is 0 Å². The first-order valence-electron chi connectivity index (χ1n) is 5.74. The minimum Gasteiger partial charge on any atom is -0.392 e. The number of benzene rings is 1. The smallest absolute Gasteiger partial charge is 0.0681 e. The number of hydrogen-bond donors (Lipinski definition) is 2. The molecule has 2 N–H and O–H groups in total. The van der Waals surface area contributed by atoms with Crippen LogP contribution < -0.4 is 5.32 Å². The monoisotopic (exact) mass is 219 g/mol. The van der Waals surface area contributed by atoms with Crippen molar-refractivity contribution in [3.63, 3.8) is 0 Å². The fourth-order valence-corrected chi connectivity index (χ4v) is 1.80. The molecule has 0 fully saturated rings. The zero-order chi connectivity index (χ0) is 12.0. The summed E-state index contributed by atoms with van der Waals surface area (Å²) < 4.78 is 0. The molecule has 2 atom stereocenters. The molecular weight excluding hydrogens is 198 g/mol. The summed E-state index contributed by atoms with van der Waals surface area (Å²) in [5, 5.41) is 12.6. The largest absolute Gasteiger partial charge is 0.392 e. The normalized spacial score (nSPS) is 14.4. The Kier molecular flexibility index (Phi) is 5.23. The van der Waals surface area contributed by atoms with Crippen LogP contribution in [-0.4, -0.2) is 11.1 Å². The molecular formula is C14H21NO. The molecule has 0 saturated heterocycles. The Labute approximate surface area is 98.0 Å². The van der Waals surface area contributed by atoms with Crippen molar-refractivity contribution in [1.29, 1.82) is 0 Å². The van der Waals surface area contributed by atoms with E-state index in [0.29, 0.717) is 12.1 Å². The molecule has 2 nitrogen and oxygen atoms in total. The Balaban J connectivity index is 2.64. The van der Waals surface area contributed by atoms with Crippen LogP contribution in [0.4, 0.5) is 0 Å². The van der Waals surface area contributed by atoms with E-state index in [0.717, 1.165) is 12.0 Å². The lowest BCUT2D eigenvalue weighted by Crippen LogP contribution is -2.28. The van der Waals surface area contributed by atoms with Gasteiger partial charge in [-0.1, -0.05) is 30.3 Å². The predicted octanol–water partition coefficient (Wildman–Crippen LogP) is 2.79. The molecule has 0 aliphatic carbocycles. The van der Waals surface area contributed by atoms with E-state index in [-0.39, 0.29) is 6.61 Å². The topological polar surface area (TPSA) is 32.3 Å². The third-order valence-electron chi connectivity index (χ3n) is 2.69. The van der Waals surface area contributed by atoms with Gasteiger partial charge in [-0.3, -0.25) is 0 Å². The minimum absolute atomic E-state index is 0.1000. The van der Waals surface area contributed by atoms with Gasteiger partial charge in [0.1, 0.15) is 0 Å². The van der Waals surface area contributed by atoms with Crippen LogP contribution in [0, 0.1) is 0 Å². The fraction of sp³-hybridized carbons (Fsp3) is 0.429. The number of aliphatic hydroxyl groups is 1. The van der Waals surface area contributed by atoms with E-state index >= 15 is 0 Å². The Morgan fingerprint density at radius 2 is 2.19 bits per heavy atom.